The number of likely N-dealkylation sites (N-methyl/N-ethyl adjacent to an activating group) is 1. The highest BCUT2D eigenvalue weighted by atomic mass is 32.1. The largest absolute Gasteiger partial charge is 0.287 e. The second-order valence-electron chi connectivity index (χ2n) is 5.80. The van der Waals surface area contributed by atoms with Crippen LogP contribution in [0.3, 0.4) is 0 Å². The van der Waals surface area contributed by atoms with Gasteiger partial charge in [0.25, 0.3) is 11.5 Å². The van der Waals surface area contributed by atoms with Crippen molar-refractivity contribution in [3.63, 3.8) is 0 Å². The summed E-state index contributed by atoms with van der Waals surface area (Å²) in [6.45, 7) is 2.25. The predicted octanol–water partition coefficient (Wildman–Crippen LogP) is 3.06. The van der Waals surface area contributed by atoms with Crippen molar-refractivity contribution < 1.29 is 4.79 Å². The highest BCUT2D eigenvalue weighted by molar-refractivity contribution is 7.22. The molecule has 0 unspecified atom stereocenters. The molecule has 4 aromatic rings. The van der Waals surface area contributed by atoms with Gasteiger partial charge in [-0.05, 0) is 25.1 Å². The first-order chi connectivity index (χ1) is 12.7. The average Bonchev–Trinajstić information content (AvgIpc) is 3.08. The zero-order chi connectivity index (χ0) is 18.1. The Morgan fingerprint density at radius 3 is 2.73 bits per heavy atom. The topological polar surface area (TPSA) is 68.1 Å². The number of nitrogens with zero attached hydrogens (tertiary/aromatic N) is 4. The van der Waals surface area contributed by atoms with Crippen LogP contribution in [0.2, 0.25) is 0 Å². The number of hydrogen-bond acceptors (Lipinski definition) is 5. The number of fused-ring (bicyclic) bond motifs is 2. The highest BCUT2D eigenvalue weighted by Gasteiger charge is 2.19. The Labute approximate surface area is 153 Å². The van der Waals surface area contributed by atoms with Crippen molar-refractivity contribution >= 4 is 43.4 Å². The SMILES string of the molecule is CCN(C(=O)Cn1ncc2ccccc2c1=O)c1nc2ccccc2s1. The quantitative estimate of drug-likeness (QED) is 0.558. The van der Waals surface area contributed by atoms with Gasteiger partial charge in [-0.25, -0.2) is 9.67 Å². The molecule has 2 heterocycles. The van der Waals surface area contributed by atoms with Gasteiger partial charge in [0.2, 0.25) is 0 Å². The minimum absolute atomic E-state index is 0.118. The molecule has 0 radical (unpaired) electrons. The number of anilines is 1. The Morgan fingerprint density at radius 1 is 1.15 bits per heavy atom. The zero-order valence-electron chi connectivity index (χ0n) is 14.1. The van der Waals surface area contributed by atoms with E-state index < -0.39 is 0 Å². The van der Waals surface area contributed by atoms with Crippen molar-refractivity contribution in [1.82, 2.24) is 14.8 Å². The summed E-state index contributed by atoms with van der Waals surface area (Å²) in [6, 6.07) is 15.0. The maximum atomic E-state index is 12.8. The molecule has 0 spiro atoms. The smallest absolute Gasteiger partial charge is 0.275 e. The first-order valence-corrected chi connectivity index (χ1v) is 9.10. The number of carbonyl (C=O) groups excluding carboxylic acids is 1. The van der Waals surface area contributed by atoms with Crippen LogP contribution < -0.4 is 10.5 Å². The van der Waals surface area contributed by atoms with Crippen molar-refractivity contribution in [3.8, 4) is 0 Å². The maximum absolute atomic E-state index is 12.8. The van der Waals surface area contributed by atoms with E-state index in [-0.39, 0.29) is 18.0 Å². The van der Waals surface area contributed by atoms with Crippen LogP contribution in [0.25, 0.3) is 21.0 Å². The lowest BCUT2D eigenvalue weighted by Gasteiger charge is -2.17. The summed E-state index contributed by atoms with van der Waals surface area (Å²) in [7, 11) is 0. The summed E-state index contributed by atoms with van der Waals surface area (Å²) < 4.78 is 2.23. The Kier molecular flexibility index (Phi) is 4.22. The second kappa shape index (κ2) is 6.68. The van der Waals surface area contributed by atoms with E-state index in [0.717, 1.165) is 15.6 Å². The summed E-state index contributed by atoms with van der Waals surface area (Å²) in [4.78, 5) is 31.5. The molecular formula is C19H16N4O2S. The second-order valence-corrected chi connectivity index (χ2v) is 6.81. The summed E-state index contributed by atoms with van der Waals surface area (Å²) >= 11 is 1.46. The fourth-order valence-corrected chi connectivity index (χ4v) is 3.89. The summed E-state index contributed by atoms with van der Waals surface area (Å²) in [5.74, 6) is -0.212. The number of rotatable bonds is 4. The van der Waals surface area contributed by atoms with Gasteiger partial charge >= 0.3 is 0 Å². The fourth-order valence-electron chi connectivity index (χ4n) is 2.85. The first kappa shape index (κ1) is 16.4. The molecule has 130 valence electrons. The van der Waals surface area contributed by atoms with E-state index in [1.165, 1.54) is 16.0 Å². The van der Waals surface area contributed by atoms with Gasteiger partial charge in [0.1, 0.15) is 6.54 Å². The molecule has 0 aliphatic rings. The van der Waals surface area contributed by atoms with E-state index in [1.54, 1.807) is 23.2 Å². The van der Waals surface area contributed by atoms with Gasteiger partial charge in [-0.2, -0.15) is 5.10 Å². The molecule has 0 fully saturated rings. The third-order valence-corrected chi connectivity index (χ3v) is 5.24. The lowest BCUT2D eigenvalue weighted by atomic mass is 10.2. The maximum Gasteiger partial charge on any atom is 0.275 e. The van der Waals surface area contributed by atoms with Gasteiger partial charge in [-0.15, -0.1) is 0 Å². The molecule has 2 aromatic carbocycles. The highest BCUT2D eigenvalue weighted by Crippen LogP contribution is 2.28. The van der Waals surface area contributed by atoms with E-state index in [2.05, 4.69) is 10.1 Å². The lowest BCUT2D eigenvalue weighted by Crippen LogP contribution is -2.37. The molecular weight excluding hydrogens is 348 g/mol. The minimum Gasteiger partial charge on any atom is -0.287 e. The third-order valence-electron chi connectivity index (χ3n) is 4.18. The number of benzene rings is 2. The standard InChI is InChI=1S/C19H16N4O2S/c1-2-22(19-21-15-9-5-6-10-16(15)26-19)17(24)12-23-18(25)14-8-4-3-7-13(14)11-20-23/h3-11H,2,12H2,1H3. The van der Waals surface area contributed by atoms with Crippen molar-refractivity contribution in [3.05, 3.63) is 65.1 Å². The molecule has 2 aromatic heterocycles. The number of hydrogen-bond donors (Lipinski definition) is 0. The summed E-state index contributed by atoms with van der Waals surface area (Å²) in [5.41, 5.74) is 0.594. The summed E-state index contributed by atoms with van der Waals surface area (Å²) in [5, 5.41) is 6.09. The number of para-hydroxylation sites is 1. The molecule has 0 aliphatic carbocycles. The Balaban J connectivity index is 1.66. The molecule has 26 heavy (non-hydrogen) atoms. The molecule has 0 atom stereocenters. The molecule has 6 nitrogen and oxygen atoms in total. The minimum atomic E-state index is -0.267. The van der Waals surface area contributed by atoms with Crippen molar-refractivity contribution in [1.29, 1.82) is 0 Å². The van der Waals surface area contributed by atoms with Crippen LogP contribution in [0.4, 0.5) is 5.13 Å². The number of aromatic nitrogens is 3. The molecule has 0 bridgehead atoms. The van der Waals surface area contributed by atoms with Crippen molar-refractivity contribution in [2.75, 3.05) is 11.4 Å². The molecule has 1 amide bonds. The van der Waals surface area contributed by atoms with E-state index in [9.17, 15) is 9.59 Å². The molecule has 0 saturated carbocycles. The normalized spacial score (nSPS) is 11.1. The van der Waals surface area contributed by atoms with Gasteiger partial charge in [0, 0.05) is 11.9 Å². The third kappa shape index (κ3) is 2.86. The van der Waals surface area contributed by atoms with Gasteiger partial charge in [-0.1, -0.05) is 41.7 Å². The van der Waals surface area contributed by atoms with Crippen LogP contribution in [0, 0.1) is 0 Å². The Morgan fingerprint density at radius 2 is 1.92 bits per heavy atom. The Hall–Kier alpha value is -3.06. The zero-order valence-corrected chi connectivity index (χ0v) is 14.9. The van der Waals surface area contributed by atoms with E-state index in [4.69, 9.17) is 0 Å². The first-order valence-electron chi connectivity index (χ1n) is 8.28. The molecule has 0 aliphatic heterocycles. The summed E-state index contributed by atoms with van der Waals surface area (Å²) in [6.07, 6.45) is 1.61. The van der Waals surface area contributed by atoms with E-state index in [0.29, 0.717) is 17.1 Å². The van der Waals surface area contributed by atoms with Crippen LogP contribution in [-0.4, -0.2) is 27.2 Å². The van der Waals surface area contributed by atoms with Crippen LogP contribution in [-0.2, 0) is 11.3 Å². The molecule has 7 heteroatoms. The molecule has 0 N–H and O–H groups in total. The molecule has 4 rings (SSSR count). The predicted molar refractivity (Wildman–Crippen MR) is 104 cm³/mol. The van der Waals surface area contributed by atoms with E-state index in [1.807, 2.05) is 43.3 Å². The molecule has 0 saturated heterocycles. The van der Waals surface area contributed by atoms with Gasteiger partial charge in [-0.3, -0.25) is 14.5 Å². The van der Waals surface area contributed by atoms with Crippen LogP contribution in [0.1, 0.15) is 6.92 Å². The van der Waals surface area contributed by atoms with Crippen LogP contribution in [0.5, 0.6) is 0 Å². The van der Waals surface area contributed by atoms with Crippen molar-refractivity contribution in [2.45, 2.75) is 13.5 Å². The van der Waals surface area contributed by atoms with Gasteiger partial charge in [0.15, 0.2) is 5.13 Å². The van der Waals surface area contributed by atoms with Crippen LogP contribution >= 0.6 is 11.3 Å². The average molecular weight is 364 g/mol. The van der Waals surface area contributed by atoms with Crippen LogP contribution in [0.15, 0.2) is 59.5 Å². The van der Waals surface area contributed by atoms with Gasteiger partial charge < -0.3 is 0 Å². The van der Waals surface area contributed by atoms with Crippen molar-refractivity contribution in [2.24, 2.45) is 0 Å². The van der Waals surface area contributed by atoms with Gasteiger partial charge in [0.05, 0.1) is 21.8 Å². The number of carbonyl (C=O) groups is 1. The Bertz CT molecular complexity index is 1130. The van der Waals surface area contributed by atoms with E-state index >= 15 is 0 Å². The monoisotopic (exact) mass is 364 g/mol. The fraction of sp³-hybridized carbons (Fsp3) is 0.158. The number of amides is 1. The lowest BCUT2D eigenvalue weighted by molar-refractivity contribution is -0.119. The number of thiazole rings is 1.